The zero-order valence-electron chi connectivity index (χ0n) is 10.6. The molecule has 2 rings (SSSR count). The third-order valence-electron chi connectivity index (χ3n) is 2.58. The minimum Gasteiger partial charge on any atom is -0.423 e. The molecule has 2 aromatic rings. The molecule has 0 spiro atoms. The quantitative estimate of drug-likeness (QED) is 0.534. The van der Waals surface area contributed by atoms with Crippen molar-refractivity contribution in [2.24, 2.45) is 5.73 Å². The van der Waals surface area contributed by atoms with E-state index in [-0.39, 0.29) is 24.7 Å². The molecular weight excluding hydrogens is 278 g/mol. The Morgan fingerprint density at radius 1 is 0.900 bits per heavy atom. The Kier molecular flexibility index (Phi) is 5.90. The van der Waals surface area contributed by atoms with Gasteiger partial charge >= 0.3 is 5.97 Å². The summed E-state index contributed by atoms with van der Waals surface area (Å²) < 4.78 is 5.18. The van der Waals surface area contributed by atoms with Gasteiger partial charge in [0.2, 0.25) is 0 Å². The second-order valence-corrected chi connectivity index (χ2v) is 3.91. The molecule has 0 atom stereocenters. The van der Waals surface area contributed by atoms with Crippen molar-refractivity contribution in [2.45, 2.75) is 0 Å². The Bertz CT molecular complexity index is 582. The van der Waals surface area contributed by atoms with Crippen LogP contribution in [0.3, 0.4) is 0 Å². The summed E-state index contributed by atoms with van der Waals surface area (Å²) >= 11 is 0. The maximum absolute atomic E-state index is 11.8. The standard InChI is InChI=1S/C15H13NO3.ClH/c16-10-14(17)11-6-8-12(9-7-11)15(18)19-13-4-2-1-3-5-13;/h1-9H,10,16H2;1H. The van der Waals surface area contributed by atoms with E-state index in [1.807, 2.05) is 6.07 Å². The van der Waals surface area contributed by atoms with Crippen molar-refractivity contribution in [3.05, 3.63) is 65.7 Å². The first-order valence-corrected chi connectivity index (χ1v) is 5.81. The van der Waals surface area contributed by atoms with E-state index in [9.17, 15) is 9.59 Å². The van der Waals surface area contributed by atoms with Crippen molar-refractivity contribution in [1.82, 2.24) is 0 Å². The predicted molar refractivity (Wildman–Crippen MR) is 78.5 cm³/mol. The van der Waals surface area contributed by atoms with Gasteiger partial charge in [-0.1, -0.05) is 30.3 Å². The molecule has 0 saturated carbocycles. The third kappa shape index (κ3) is 3.91. The highest BCUT2D eigenvalue weighted by atomic mass is 35.5. The zero-order valence-corrected chi connectivity index (χ0v) is 11.4. The minimum atomic E-state index is -0.460. The average molecular weight is 292 g/mol. The van der Waals surface area contributed by atoms with Crippen LogP contribution in [0.15, 0.2) is 54.6 Å². The van der Waals surface area contributed by atoms with Crippen LogP contribution in [-0.4, -0.2) is 18.3 Å². The van der Waals surface area contributed by atoms with E-state index in [1.165, 1.54) is 0 Å². The number of benzene rings is 2. The van der Waals surface area contributed by atoms with Gasteiger partial charge in [-0.25, -0.2) is 4.79 Å². The second-order valence-electron chi connectivity index (χ2n) is 3.91. The molecule has 0 fully saturated rings. The fourth-order valence-electron chi connectivity index (χ4n) is 1.56. The molecule has 2 N–H and O–H groups in total. The summed E-state index contributed by atoms with van der Waals surface area (Å²) in [7, 11) is 0. The summed E-state index contributed by atoms with van der Waals surface area (Å²) in [4.78, 5) is 23.2. The van der Waals surface area contributed by atoms with Gasteiger partial charge in [0.1, 0.15) is 5.75 Å². The molecule has 2 aromatic carbocycles. The van der Waals surface area contributed by atoms with Crippen molar-refractivity contribution in [3.63, 3.8) is 0 Å². The van der Waals surface area contributed by atoms with E-state index in [0.717, 1.165) is 0 Å². The molecule has 5 heteroatoms. The van der Waals surface area contributed by atoms with E-state index >= 15 is 0 Å². The van der Waals surface area contributed by atoms with Gasteiger partial charge in [-0.05, 0) is 24.3 Å². The monoisotopic (exact) mass is 291 g/mol. The fourth-order valence-corrected chi connectivity index (χ4v) is 1.56. The Morgan fingerprint density at radius 3 is 2.00 bits per heavy atom. The highest BCUT2D eigenvalue weighted by Crippen LogP contribution is 2.12. The second kappa shape index (κ2) is 7.43. The van der Waals surface area contributed by atoms with Crippen molar-refractivity contribution >= 4 is 24.2 Å². The number of rotatable bonds is 4. The highest BCUT2D eigenvalue weighted by molar-refractivity contribution is 5.99. The zero-order chi connectivity index (χ0) is 13.7. The van der Waals surface area contributed by atoms with Crippen LogP contribution in [0.1, 0.15) is 20.7 Å². The molecule has 0 radical (unpaired) electrons. The first kappa shape index (κ1) is 15.9. The van der Waals surface area contributed by atoms with Crippen LogP contribution < -0.4 is 10.5 Å². The van der Waals surface area contributed by atoms with Crippen LogP contribution in [0.4, 0.5) is 0 Å². The van der Waals surface area contributed by atoms with E-state index in [1.54, 1.807) is 48.5 Å². The van der Waals surface area contributed by atoms with Gasteiger partial charge in [0, 0.05) is 5.56 Å². The van der Waals surface area contributed by atoms with E-state index in [2.05, 4.69) is 0 Å². The minimum absolute atomic E-state index is 0. The number of hydrogen-bond acceptors (Lipinski definition) is 4. The molecule has 0 aromatic heterocycles. The molecular formula is C15H14ClNO3. The Hall–Kier alpha value is -2.17. The van der Waals surface area contributed by atoms with Crippen LogP contribution in [0.2, 0.25) is 0 Å². The molecule has 0 aliphatic rings. The Morgan fingerprint density at radius 2 is 1.45 bits per heavy atom. The topological polar surface area (TPSA) is 69.4 Å². The number of carbonyl (C=O) groups excluding carboxylic acids is 2. The fraction of sp³-hybridized carbons (Fsp3) is 0.0667. The molecule has 0 bridgehead atoms. The molecule has 20 heavy (non-hydrogen) atoms. The maximum atomic E-state index is 11.8. The van der Waals surface area contributed by atoms with Gasteiger partial charge in [0.25, 0.3) is 0 Å². The predicted octanol–water partition coefficient (Wildman–Crippen LogP) is 2.47. The van der Waals surface area contributed by atoms with Gasteiger partial charge in [-0.3, -0.25) is 4.79 Å². The molecule has 104 valence electrons. The molecule has 0 unspecified atom stereocenters. The smallest absolute Gasteiger partial charge is 0.343 e. The number of esters is 1. The summed E-state index contributed by atoms with van der Waals surface area (Å²) in [6.45, 7) is -0.0478. The number of nitrogens with two attached hydrogens (primary N) is 1. The number of Topliss-reactive ketones (excluding diaryl/α,β-unsaturated/α-hetero) is 1. The Balaban J connectivity index is 0.00000200. The normalized spacial score (nSPS) is 9.45. The van der Waals surface area contributed by atoms with Crippen molar-refractivity contribution in [2.75, 3.05) is 6.54 Å². The lowest BCUT2D eigenvalue weighted by Gasteiger charge is -2.04. The van der Waals surface area contributed by atoms with Gasteiger partial charge < -0.3 is 10.5 Å². The first-order chi connectivity index (χ1) is 9.20. The van der Waals surface area contributed by atoms with Crippen molar-refractivity contribution < 1.29 is 14.3 Å². The molecule has 4 nitrogen and oxygen atoms in total. The first-order valence-electron chi connectivity index (χ1n) is 5.81. The highest BCUT2D eigenvalue weighted by Gasteiger charge is 2.09. The number of hydrogen-bond donors (Lipinski definition) is 1. The number of carbonyl (C=O) groups is 2. The summed E-state index contributed by atoms with van der Waals surface area (Å²) in [6, 6.07) is 15.0. The summed E-state index contributed by atoms with van der Waals surface area (Å²) in [5, 5.41) is 0. The number of para-hydroxylation sites is 1. The molecule has 0 amide bonds. The van der Waals surface area contributed by atoms with E-state index in [0.29, 0.717) is 16.9 Å². The SMILES string of the molecule is Cl.NCC(=O)c1ccc(C(=O)Oc2ccccc2)cc1. The van der Waals surface area contributed by atoms with Crippen LogP contribution in [0, 0.1) is 0 Å². The Labute approximate surface area is 123 Å². The van der Waals surface area contributed by atoms with Crippen LogP contribution in [0.25, 0.3) is 0 Å². The van der Waals surface area contributed by atoms with Crippen molar-refractivity contribution in [1.29, 1.82) is 0 Å². The van der Waals surface area contributed by atoms with Crippen LogP contribution in [-0.2, 0) is 0 Å². The van der Waals surface area contributed by atoms with Gasteiger partial charge in [-0.15, -0.1) is 12.4 Å². The summed E-state index contributed by atoms with van der Waals surface area (Å²) in [5.74, 6) is -0.143. The summed E-state index contributed by atoms with van der Waals surface area (Å²) in [5.41, 5.74) is 6.13. The van der Waals surface area contributed by atoms with Crippen molar-refractivity contribution in [3.8, 4) is 5.75 Å². The van der Waals surface area contributed by atoms with E-state index < -0.39 is 5.97 Å². The molecule has 0 heterocycles. The van der Waals surface area contributed by atoms with Gasteiger partial charge in [-0.2, -0.15) is 0 Å². The van der Waals surface area contributed by atoms with Gasteiger partial charge in [0.15, 0.2) is 5.78 Å². The van der Waals surface area contributed by atoms with Crippen LogP contribution >= 0.6 is 12.4 Å². The largest absolute Gasteiger partial charge is 0.423 e. The number of ketones is 1. The lowest BCUT2D eigenvalue weighted by atomic mass is 10.1. The van der Waals surface area contributed by atoms with E-state index in [4.69, 9.17) is 10.5 Å². The number of halogens is 1. The summed E-state index contributed by atoms with van der Waals surface area (Å²) in [6.07, 6.45) is 0. The molecule has 0 saturated heterocycles. The lowest BCUT2D eigenvalue weighted by Crippen LogP contribution is -2.14. The van der Waals surface area contributed by atoms with Crippen LogP contribution in [0.5, 0.6) is 5.75 Å². The average Bonchev–Trinajstić information content (AvgIpc) is 2.47. The van der Waals surface area contributed by atoms with Gasteiger partial charge in [0.05, 0.1) is 12.1 Å². The third-order valence-corrected chi connectivity index (χ3v) is 2.58. The maximum Gasteiger partial charge on any atom is 0.343 e. The molecule has 0 aliphatic carbocycles. The molecule has 0 aliphatic heterocycles. The number of ether oxygens (including phenoxy) is 1. The lowest BCUT2D eigenvalue weighted by molar-refractivity contribution is 0.0734.